The van der Waals surface area contributed by atoms with E-state index in [-0.39, 0.29) is 17.6 Å². The van der Waals surface area contributed by atoms with E-state index in [1.165, 1.54) is 0 Å². The fourth-order valence-electron chi connectivity index (χ4n) is 2.28. The topological polar surface area (TPSA) is 62.4 Å². The number of hydrogen-bond acceptors (Lipinski definition) is 5. The highest BCUT2D eigenvalue weighted by molar-refractivity contribution is 5.78. The Bertz CT molecular complexity index is 375. The van der Waals surface area contributed by atoms with Gasteiger partial charge in [-0.2, -0.15) is 0 Å². The van der Waals surface area contributed by atoms with Gasteiger partial charge < -0.3 is 4.74 Å². The molecule has 0 radical (unpaired) electrons. The van der Waals surface area contributed by atoms with E-state index in [0.29, 0.717) is 18.4 Å². The lowest BCUT2D eigenvalue weighted by atomic mass is 9.94. The molecule has 0 aromatic carbocycles. The number of hydrazine groups is 1. The van der Waals surface area contributed by atoms with Crippen LogP contribution in [0.2, 0.25) is 0 Å². The minimum atomic E-state index is -0.462. The Balaban J connectivity index is 5.06. The second-order valence-corrected chi connectivity index (χ2v) is 7.94. The number of hydrogen-bond donors (Lipinski definition) is 3. The van der Waals surface area contributed by atoms with Crippen LogP contribution in [0.5, 0.6) is 0 Å². The lowest BCUT2D eigenvalue weighted by Crippen LogP contribution is -2.56. The minimum absolute atomic E-state index is 0.0155. The first-order valence-corrected chi connectivity index (χ1v) is 9.15. The number of nitrogens with one attached hydrogen (secondary N) is 3. The van der Waals surface area contributed by atoms with Crippen LogP contribution in [0.4, 0.5) is 0 Å². The molecule has 0 aliphatic rings. The Morgan fingerprint density at radius 3 is 2.25 bits per heavy atom. The normalized spacial score (nSPS) is 16.4. The molecule has 0 rings (SSSR count). The van der Waals surface area contributed by atoms with E-state index in [9.17, 15) is 4.79 Å². The zero-order valence-corrected chi connectivity index (χ0v) is 16.9. The fourth-order valence-corrected chi connectivity index (χ4v) is 2.28. The van der Waals surface area contributed by atoms with Crippen LogP contribution in [0.1, 0.15) is 61.3 Å². The highest BCUT2D eigenvalue weighted by Crippen LogP contribution is 2.17. The molecule has 0 fully saturated rings. The highest BCUT2D eigenvalue weighted by Gasteiger charge is 2.25. The van der Waals surface area contributed by atoms with Crippen LogP contribution in [0.15, 0.2) is 12.2 Å². The Morgan fingerprint density at radius 2 is 1.79 bits per heavy atom. The molecule has 0 aromatic rings. The zero-order valence-electron chi connectivity index (χ0n) is 16.9. The van der Waals surface area contributed by atoms with E-state index < -0.39 is 6.04 Å². The third-order valence-corrected chi connectivity index (χ3v) is 3.76. The molecule has 0 aliphatic heterocycles. The number of allylic oxidation sites excluding steroid dienone is 1. The molecule has 5 heteroatoms. The standard InChI is InChI=1S/C19H39N3O2/c1-9-24-18(23)16(12-13-19(5,6)7)21-17(22-20-8)15(4)11-10-14(2)3/h12-17,20-22H,9-11H2,1-8H3/b13-12+/t15?,16?,17-/m1/s1. The van der Waals surface area contributed by atoms with Crippen LogP contribution in [0.25, 0.3) is 0 Å². The average molecular weight is 342 g/mol. The van der Waals surface area contributed by atoms with Crippen molar-refractivity contribution in [1.29, 1.82) is 0 Å². The maximum Gasteiger partial charge on any atom is 0.327 e. The molecule has 142 valence electrons. The van der Waals surface area contributed by atoms with Crippen molar-refractivity contribution in [2.24, 2.45) is 17.3 Å². The van der Waals surface area contributed by atoms with Crippen molar-refractivity contribution in [1.82, 2.24) is 16.2 Å². The molecule has 3 atom stereocenters. The van der Waals surface area contributed by atoms with Gasteiger partial charge in [-0.1, -0.05) is 60.1 Å². The summed E-state index contributed by atoms with van der Waals surface area (Å²) in [6.45, 7) is 15.2. The van der Waals surface area contributed by atoms with Gasteiger partial charge in [0.1, 0.15) is 6.04 Å². The number of carbonyl (C=O) groups is 1. The van der Waals surface area contributed by atoms with Gasteiger partial charge in [0.25, 0.3) is 0 Å². The largest absolute Gasteiger partial charge is 0.465 e. The van der Waals surface area contributed by atoms with Crippen molar-refractivity contribution >= 4 is 5.97 Å². The first-order chi connectivity index (χ1) is 11.1. The van der Waals surface area contributed by atoms with Crippen molar-refractivity contribution in [3.05, 3.63) is 12.2 Å². The molecule has 5 nitrogen and oxygen atoms in total. The van der Waals surface area contributed by atoms with Gasteiger partial charge in [-0.15, -0.1) is 0 Å². The van der Waals surface area contributed by atoms with Crippen LogP contribution < -0.4 is 16.2 Å². The van der Waals surface area contributed by atoms with Gasteiger partial charge in [0.05, 0.1) is 12.8 Å². The number of esters is 1. The Hall–Kier alpha value is -0.910. The summed E-state index contributed by atoms with van der Waals surface area (Å²) in [6.07, 6.45) is 6.19. The van der Waals surface area contributed by atoms with Gasteiger partial charge in [0.2, 0.25) is 0 Å². The minimum Gasteiger partial charge on any atom is -0.465 e. The maximum absolute atomic E-state index is 12.3. The van der Waals surface area contributed by atoms with Gasteiger partial charge in [0, 0.05) is 0 Å². The van der Waals surface area contributed by atoms with E-state index >= 15 is 0 Å². The Morgan fingerprint density at radius 1 is 1.17 bits per heavy atom. The first-order valence-electron chi connectivity index (χ1n) is 9.15. The summed E-state index contributed by atoms with van der Waals surface area (Å²) in [6, 6.07) is -0.462. The lowest BCUT2D eigenvalue weighted by Gasteiger charge is -2.29. The lowest BCUT2D eigenvalue weighted by molar-refractivity contribution is -0.144. The van der Waals surface area contributed by atoms with Crippen LogP contribution in [0, 0.1) is 17.3 Å². The van der Waals surface area contributed by atoms with Gasteiger partial charge in [-0.3, -0.25) is 15.5 Å². The van der Waals surface area contributed by atoms with E-state index in [4.69, 9.17) is 4.74 Å². The summed E-state index contributed by atoms with van der Waals surface area (Å²) in [4.78, 5) is 12.3. The Labute approximate surface area is 149 Å². The molecular formula is C19H39N3O2. The smallest absolute Gasteiger partial charge is 0.327 e. The monoisotopic (exact) mass is 341 g/mol. The van der Waals surface area contributed by atoms with Crippen molar-refractivity contribution < 1.29 is 9.53 Å². The van der Waals surface area contributed by atoms with Crippen molar-refractivity contribution in [3.63, 3.8) is 0 Å². The number of rotatable bonds is 11. The van der Waals surface area contributed by atoms with Crippen molar-refractivity contribution in [2.45, 2.75) is 73.5 Å². The van der Waals surface area contributed by atoms with Crippen LogP contribution in [-0.4, -0.2) is 31.8 Å². The molecule has 0 aliphatic carbocycles. The summed E-state index contributed by atoms with van der Waals surface area (Å²) in [5.41, 5.74) is 6.24. The summed E-state index contributed by atoms with van der Waals surface area (Å²) in [5.74, 6) is 0.807. The number of ether oxygens (including phenoxy) is 1. The van der Waals surface area contributed by atoms with Gasteiger partial charge in [-0.25, -0.2) is 5.43 Å². The highest BCUT2D eigenvalue weighted by atomic mass is 16.5. The van der Waals surface area contributed by atoms with Gasteiger partial charge >= 0.3 is 5.97 Å². The zero-order chi connectivity index (χ0) is 18.8. The van der Waals surface area contributed by atoms with Gasteiger partial charge in [0.15, 0.2) is 0 Å². The predicted octanol–water partition coefficient (Wildman–Crippen LogP) is 3.23. The molecule has 0 aromatic heterocycles. The molecular weight excluding hydrogens is 302 g/mol. The number of carbonyl (C=O) groups excluding carboxylic acids is 1. The SMILES string of the molecule is CCOC(=O)C(/C=C/C(C)(C)C)N[C@H](NNC)C(C)CCC(C)C. The first kappa shape index (κ1) is 23.1. The second-order valence-electron chi connectivity index (χ2n) is 7.94. The molecule has 0 spiro atoms. The summed E-state index contributed by atoms with van der Waals surface area (Å²) in [7, 11) is 1.84. The van der Waals surface area contributed by atoms with E-state index in [1.807, 2.05) is 20.0 Å². The van der Waals surface area contributed by atoms with E-state index in [1.54, 1.807) is 0 Å². The van der Waals surface area contributed by atoms with Crippen LogP contribution in [-0.2, 0) is 9.53 Å². The molecule has 3 N–H and O–H groups in total. The van der Waals surface area contributed by atoms with Crippen LogP contribution >= 0.6 is 0 Å². The van der Waals surface area contributed by atoms with Gasteiger partial charge in [-0.05, 0) is 37.6 Å². The molecule has 0 amide bonds. The quantitative estimate of drug-likeness (QED) is 0.233. The third kappa shape index (κ3) is 10.8. The summed E-state index contributed by atoms with van der Waals surface area (Å²) < 4.78 is 5.23. The van der Waals surface area contributed by atoms with E-state index in [2.05, 4.69) is 63.8 Å². The Kier molecular flexibility index (Phi) is 11.2. The fraction of sp³-hybridized carbons (Fsp3) is 0.842. The second kappa shape index (κ2) is 11.6. The molecule has 0 bridgehead atoms. The van der Waals surface area contributed by atoms with Crippen LogP contribution in [0.3, 0.4) is 0 Å². The maximum atomic E-state index is 12.3. The molecule has 0 saturated heterocycles. The summed E-state index contributed by atoms with van der Waals surface area (Å²) >= 11 is 0. The summed E-state index contributed by atoms with van der Waals surface area (Å²) in [5, 5.41) is 3.40. The molecule has 24 heavy (non-hydrogen) atoms. The molecule has 0 saturated carbocycles. The van der Waals surface area contributed by atoms with Crippen molar-refractivity contribution in [2.75, 3.05) is 13.7 Å². The molecule has 0 heterocycles. The van der Waals surface area contributed by atoms with Crippen molar-refractivity contribution in [3.8, 4) is 0 Å². The van der Waals surface area contributed by atoms with E-state index in [0.717, 1.165) is 12.8 Å². The average Bonchev–Trinajstić information content (AvgIpc) is 2.47. The molecule has 2 unspecified atom stereocenters. The third-order valence-electron chi connectivity index (χ3n) is 3.76. The predicted molar refractivity (Wildman–Crippen MR) is 101 cm³/mol.